The van der Waals surface area contributed by atoms with E-state index in [1.807, 2.05) is 0 Å². The number of amides is 1. The quantitative estimate of drug-likeness (QED) is 0.0321. The van der Waals surface area contributed by atoms with Gasteiger partial charge in [0.15, 0.2) is 0 Å². The van der Waals surface area contributed by atoms with Crippen molar-refractivity contribution < 1.29 is 24.5 Å². The van der Waals surface area contributed by atoms with Crippen LogP contribution in [0.4, 0.5) is 0 Å². The van der Waals surface area contributed by atoms with Gasteiger partial charge in [-0.2, -0.15) is 0 Å². The predicted molar refractivity (Wildman–Crippen MR) is 287 cm³/mol. The molecular weight excluding hydrogens is 815 g/mol. The molecular formula is C60H111NO5. The molecule has 0 aromatic rings. The number of rotatable bonds is 53. The second kappa shape index (κ2) is 55.4. The van der Waals surface area contributed by atoms with Crippen LogP contribution in [0.1, 0.15) is 296 Å². The number of aliphatic hydroxyl groups excluding tert-OH is 2. The Morgan fingerprint density at radius 3 is 1.17 bits per heavy atom. The van der Waals surface area contributed by atoms with E-state index in [0.717, 1.165) is 64.2 Å². The molecule has 0 aromatic carbocycles. The van der Waals surface area contributed by atoms with Crippen LogP contribution in [-0.2, 0) is 14.3 Å². The minimum atomic E-state index is -0.667. The first-order valence-electron chi connectivity index (χ1n) is 28.9. The van der Waals surface area contributed by atoms with Gasteiger partial charge in [-0.05, 0) is 77.0 Å². The van der Waals surface area contributed by atoms with Gasteiger partial charge >= 0.3 is 5.97 Å². The van der Waals surface area contributed by atoms with Crippen LogP contribution in [0.2, 0.25) is 0 Å². The lowest BCUT2D eigenvalue weighted by atomic mass is 10.0. The molecule has 0 spiro atoms. The normalized spacial score (nSPS) is 13.0. The summed E-state index contributed by atoms with van der Waals surface area (Å²) in [6.45, 7) is 4.81. The zero-order valence-corrected chi connectivity index (χ0v) is 43.9. The van der Waals surface area contributed by atoms with E-state index in [4.69, 9.17) is 4.74 Å². The zero-order valence-electron chi connectivity index (χ0n) is 43.9. The van der Waals surface area contributed by atoms with E-state index in [1.165, 1.54) is 199 Å². The highest BCUT2D eigenvalue weighted by molar-refractivity contribution is 5.76. The molecule has 0 aliphatic heterocycles. The van der Waals surface area contributed by atoms with Crippen molar-refractivity contribution in [2.24, 2.45) is 0 Å². The largest absolute Gasteiger partial charge is 0.465 e. The molecule has 0 aliphatic carbocycles. The van der Waals surface area contributed by atoms with Gasteiger partial charge in [-0.1, -0.05) is 255 Å². The summed E-state index contributed by atoms with van der Waals surface area (Å²) < 4.78 is 5.41. The monoisotopic (exact) mass is 926 g/mol. The molecule has 1 amide bonds. The summed E-state index contributed by atoms with van der Waals surface area (Å²) in [5.41, 5.74) is 0. The molecule has 0 radical (unpaired) electrons. The average Bonchev–Trinajstić information content (AvgIpc) is 3.32. The Hall–Kier alpha value is -2.18. The van der Waals surface area contributed by atoms with Gasteiger partial charge in [0.1, 0.15) is 0 Å². The van der Waals surface area contributed by atoms with Gasteiger partial charge in [0, 0.05) is 12.8 Å². The summed E-state index contributed by atoms with van der Waals surface area (Å²) in [6.07, 6.45) is 69.7. The van der Waals surface area contributed by atoms with Crippen LogP contribution in [-0.4, -0.2) is 47.4 Å². The molecule has 3 N–H and O–H groups in total. The van der Waals surface area contributed by atoms with Gasteiger partial charge in [0.2, 0.25) is 5.91 Å². The number of carbonyl (C=O) groups excluding carboxylic acids is 2. The first-order valence-corrected chi connectivity index (χ1v) is 28.9. The smallest absolute Gasteiger partial charge is 0.305 e. The Kier molecular flexibility index (Phi) is 53.6. The first kappa shape index (κ1) is 63.8. The van der Waals surface area contributed by atoms with Crippen LogP contribution in [0.3, 0.4) is 0 Å². The van der Waals surface area contributed by atoms with Crippen LogP contribution in [0.15, 0.2) is 48.6 Å². The molecule has 0 rings (SSSR count). The predicted octanol–water partition coefficient (Wildman–Crippen LogP) is 17.8. The Bertz CT molecular complexity index is 1110. The van der Waals surface area contributed by atoms with Crippen molar-refractivity contribution >= 4 is 11.9 Å². The maximum Gasteiger partial charge on any atom is 0.305 e. The fourth-order valence-electron chi connectivity index (χ4n) is 8.68. The Balaban J connectivity index is 3.46. The highest BCUT2D eigenvalue weighted by Gasteiger charge is 2.20. The van der Waals surface area contributed by atoms with E-state index < -0.39 is 12.1 Å². The lowest BCUT2D eigenvalue weighted by Gasteiger charge is -2.22. The molecule has 6 nitrogen and oxygen atoms in total. The Morgan fingerprint density at radius 1 is 0.424 bits per heavy atom. The van der Waals surface area contributed by atoms with Crippen LogP contribution in [0.5, 0.6) is 0 Å². The van der Waals surface area contributed by atoms with Crippen LogP contribution < -0.4 is 5.32 Å². The van der Waals surface area contributed by atoms with Crippen LogP contribution >= 0.6 is 0 Å². The number of nitrogens with one attached hydrogen (secondary N) is 1. The molecule has 2 unspecified atom stereocenters. The molecule has 0 aliphatic rings. The molecule has 0 saturated heterocycles. The van der Waals surface area contributed by atoms with Crippen LogP contribution in [0.25, 0.3) is 0 Å². The number of unbranched alkanes of at least 4 members (excludes halogenated alkanes) is 34. The van der Waals surface area contributed by atoms with Crippen molar-refractivity contribution in [1.82, 2.24) is 5.32 Å². The summed E-state index contributed by atoms with van der Waals surface area (Å²) in [7, 11) is 0. The molecule has 2 atom stereocenters. The number of allylic oxidation sites excluding steroid dienone is 7. The summed E-state index contributed by atoms with van der Waals surface area (Å²) in [5, 5.41) is 23.2. The summed E-state index contributed by atoms with van der Waals surface area (Å²) in [5.74, 6) is -0.0901. The molecule has 0 fully saturated rings. The molecule has 0 saturated carbocycles. The fourth-order valence-corrected chi connectivity index (χ4v) is 8.68. The highest BCUT2D eigenvalue weighted by atomic mass is 16.5. The molecule has 0 bridgehead atoms. The molecule has 6 heteroatoms. The van der Waals surface area contributed by atoms with Gasteiger partial charge < -0.3 is 20.3 Å². The van der Waals surface area contributed by atoms with Crippen molar-refractivity contribution in [3.8, 4) is 0 Å². The minimum Gasteiger partial charge on any atom is -0.465 e. The molecule has 386 valence electrons. The highest BCUT2D eigenvalue weighted by Crippen LogP contribution is 2.16. The third-order valence-corrected chi connectivity index (χ3v) is 13.1. The second-order valence-electron chi connectivity index (χ2n) is 19.6. The van der Waals surface area contributed by atoms with E-state index >= 15 is 0 Å². The number of esters is 1. The van der Waals surface area contributed by atoms with Crippen molar-refractivity contribution in [1.29, 1.82) is 0 Å². The standard InChI is InChI=1S/C60H111NO5/c1-3-5-7-9-11-13-15-17-18-27-30-34-38-42-46-50-54-60(65)66-55-51-47-43-39-35-31-28-25-23-21-19-20-22-24-26-29-33-37-41-45-49-53-59(64)61-57(56-62)58(63)52-48-44-40-36-32-16-14-12-10-8-6-4-2/h13,15,18,27,31,35,43,47,57-58,62-63H,3-12,14,16-17,19-26,28-30,32-34,36-42,44-46,48-56H2,1-2H3,(H,61,64)/b15-13-,27-18-,35-31-,47-43-. The first-order chi connectivity index (χ1) is 32.5. The van der Waals surface area contributed by atoms with Gasteiger partial charge in [-0.15, -0.1) is 0 Å². The lowest BCUT2D eigenvalue weighted by molar-refractivity contribution is -0.143. The van der Waals surface area contributed by atoms with Gasteiger partial charge in [0.25, 0.3) is 0 Å². The van der Waals surface area contributed by atoms with E-state index in [-0.39, 0.29) is 18.5 Å². The van der Waals surface area contributed by atoms with Gasteiger partial charge in [0.05, 0.1) is 25.4 Å². The molecule has 66 heavy (non-hydrogen) atoms. The third-order valence-electron chi connectivity index (χ3n) is 13.1. The second-order valence-corrected chi connectivity index (χ2v) is 19.6. The number of carbonyl (C=O) groups is 2. The Labute approximate surface area is 410 Å². The van der Waals surface area contributed by atoms with Gasteiger partial charge in [-0.25, -0.2) is 0 Å². The molecule has 0 aromatic heterocycles. The number of hydrogen-bond donors (Lipinski definition) is 3. The van der Waals surface area contributed by atoms with E-state index in [2.05, 4.69) is 67.8 Å². The third kappa shape index (κ3) is 51.2. The average molecular weight is 927 g/mol. The van der Waals surface area contributed by atoms with Crippen molar-refractivity contribution in [3.05, 3.63) is 48.6 Å². The number of aliphatic hydroxyl groups is 2. The van der Waals surface area contributed by atoms with E-state index in [9.17, 15) is 19.8 Å². The number of ether oxygens (including phenoxy) is 1. The maximum atomic E-state index is 12.4. The minimum absolute atomic E-state index is 0.0410. The summed E-state index contributed by atoms with van der Waals surface area (Å²) in [6, 6.07) is -0.545. The summed E-state index contributed by atoms with van der Waals surface area (Å²) in [4.78, 5) is 24.5. The lowest BCUT2D eigenvalue weighted by Crippen LogP contribution is -2.45. The number of hydrogen-bond acceptors (Lipinski definition) is 5. The van der Waals surface area contributed by atoms with Crippen molar-refractivity contribution in [3.63, 3.8) is 0 Å². The topological polar surface area (TPSA) is 95.9 Å². The fraction of sp³-hybridized carbons (Fsp3) is 0.833. The summed E-state index contributed by atoms with van der Waals surface area (Å²) >= 11 is 0. The van der Waals surface area contributed by atoms with Crippen molar-refractivity contribution in [2.45, 2.75) is 309 Å². The maximum absolute atomic E-state index is 12.4. The molecule has 0 heterocycles. The Morgan fingerprint density at radius 2 is 0.758 bits per heavy atom. The van der Waals surface area contributed by atoms with E-state index in [1.54, 1.807) is 0 Å². The van der Waals surface area contributed by atoms with Crippen LogP contribution in [0, 0.1) is 0 Å². The zero-order chi connectivity index (χ0) is 47.9. The SMILES string of the molecule is CCCCCC/C=C\C/C=C\CCCCCCCC(=O)OCC/C=C\C/C=C\CCCCCCCCCCCCCCCCC(=O)NC(CO)C(O)CCCCCCCCCCCCCC. The van der Waals surface area contributed by atoms with Gasteiger partial charge in [-0.3, -0.25) is 9.59 Å². The van der Waals surface area contributed by atoms with Crippen molar-refractivity contribution in [2.75, 3.05) is 13.2 Å². The van der Waals surface area contributed by atoms with E-state index in [0.29, 0.717) is 25.9 Å².